The molecule has 1 aliphatic heterocycles. The van der Waals surface area contributed by atoms with Gasteiger partial charge < -0.3 is 15.3 Å². The number of hydrogen-bond acceptors (Lipinski definition) is 6. The number of phenolic OH excluding ortho intramolecular Hbond substituents is 1. The van der Waals surface area contributed by atoms with Crippen LogP contribution in [0.3, 0.4) is 0 Å². The van der Waals surface area contributed by atoms with Gasteiger partial charge in [-0.3, -0.25) is 4.98 Å². The van der Waals surface area contributed by atoms with Crippen LogP contribution in [0.5, 0.6) is 5.75 Å². The quantitative estimate of drug-likeness (QED) is 0.671. The highest BCUT2D eigenvalue weighted by atomic mass is 16.3. The summed E-state index contributed by atoms with van der Waals surface area (Å²) in [6.07, 6.45) is 3.90. The van der Waals surface area contributed by atoms with Gasteiger partial charge in [-0.05, 0) is 83.4 Å². The zero-order valence-electron chi connectivity index (χ0n) is 18.7. The molecule has 1 aliphatic rings. The summed E-state index contributed by atoms with van der Waals surface area (Å²) in [5.41, 5.74) is 3.30. The number of aryl methyl sites for hydroxylation is 1. The third-order valence-electron chi connectivity index (χ3n) is 5.94. The largest absolute Gasteiger partial charge is 0.507 e. The Morgan fingerprint density at radius 3 is 2.37 bits per heavy atom. The average Bonchev–Trinajstić information content (AvgIpc) is 2.64. The molecule has 2 aromatic heterocycles. The van der Waals surface area contributed by atoms with E-state index in [0.717, 1.165) is 35.1 Å². The van der Waals surface area contributed by atoms with E-state index in [-0.39, 0.29) is 16.8 Å². The maximum atomic E-state index is 10.5. The molecule has 0 radical (unpaired) electrons. The number of aromatic hydroxyl groups is 1. The minimum atomic E-state index is 0.0658. The molecule has 6 nitrogen and oxygen atoms in total. The van der Waals surface area contributed by atoms with Crippen molar-refractivity contribution in [3.05, 3.63) is 42.1 Å². The third-order valence-corrected chi connectivity index (χ3v) is 5.94. The van der Waals surface area contributed by atoms with Crippen LogP contribution in [-0.4, -0.2) is 44.5 Å². The minimum absolute atomic E-state index is 0.0658. The summed E-state index contributed by atoms with van der Waals surface area (Å²) >= 11 is 0. The van der Waals surface area contributed by atoms with E-state index in [1.54, 1.807) is 6.07 Å². The van der Waals surface area contributed by atoms with Gasteiger partial charge in [-0.15, -0.1) is 10.2 Å². The molecule has 3 heterocycles. The molecule has 30 heavy (non-hydrogen) atoms. The van der Waals surface area contributed by atoms with Crippen LogP contribution in [0.15, 0.2) is 36.5 Å². The number of piperidine rings is 1. The van der Waals surface area contributed by atoms with E-state index in [9.17, 15) is 5.11 Å². The molecular formula is C24H31N5O. The maximum Gasteiger partial charge on any atom is 0.151 e. The lowest BCUT2D eigenvalue weighted by Gasteiger charge is -2.49. The van der Waals surface area contributed by atoms with E-state index in [1.165, 1.54) is 0 Å². The molecule has 1 aromatic carbocycles. The van der Waals surface area contributed by atoms with Crippen molar-refractivity contribution >= 4 is 16.7 Å². The van der Waals surface area contributed by atoms with Gasteiger partial charge in [0.15, 0.2) is 5.82 Å². The number of phenols is 1. The zero-order chi connectivity index (χ0) is 21.7. The molecule has 0 bridgehead atoms. The van der Waals surface area contributed by atoms with Crippen LogP contribution in [0.1, 0.15) is 46.1 Å². The summed E-state index contributed by atoms with van der Waals surface area (Å²) in [6.45, 7) is 11.0. The second-order valence-corrected chi connectivity index (χ2v) is 9.92. The van der Waals surface area contributed by atoms with Gasteiger partial charge in [0.1, 0.15) is 5.75 Å². The van der Waals surface area contributed by atoms with Crippen molar-refractivity contribution in [2.75, 3.05) is 11.9 Å². The first kappa shape index (κ1) is 20.5. The van der Waals surface area contributed by atoms with E-state index in [1.807, 2.05) is 37.4 Å². The Labute approximate surface area is 178 Å². The number of rotatable bonds is 3. The lowest BCUT2D eigenvalue weighted by molar-refractivity contribution is 0.160. The number of benzene rings is 1. The Morgan fingerprint density at radius 1 is 1.03 bits per heavy atom. The number of aromatic nitrogens is 3. The third kappa shape index (κ3) is 4.10. The number of anilines is 1. The molecule has 0 saturated carbocycles. The molecule has 4 rings (SSSR count). The van der Waals surface area contributed by atoms with Gasteiger partial charge in [0.05, 0.1) is 11.2 Å². The Hall–Kier alpha value is -2.73. The maximum absolute atomic E-state index is 10.5. The fourth-order valence-corrected chi connectivity index (χ4v) is 4.87. The highest BCUT2D eigenvalue weighted by Gasteiger charge is 2.39. The van der Waals surface area contributed by atoms with Crippen molar-refractivity contribution < 1.29 is 5.11 Å². The monoisotopic (exact) mass is 405 g/mol. The Bertz CT molecular complexity index is 1060. The van der Waals surface area contributed by atoms with Gasteiger partial charge in [-0.1, -0.05) is 0 Å². The molecule has 0 atom stereocenters. The van der Waals surface area contributed by atoms with Gasteiger partial charge in [0.2, 0.25) is 0 Å². The topological polar surface area (TPSA) is 74.2 Å². The summed E-state index contributed by atoms with van der Waals surface area (Å²) in [4.78, 5) is 6.70. The first-order chi connectivity index (χ1) is 14.0. The Morgan fingerprint density at radius 2 is 1.73 bits per heavy atom. The summed E-state index contributed by atoms with van der Waals surface area (Å²) in [6, 6.07) is 9.90. The number of fused-ring (bicyclic) bond motifs is 1. The van der Waals surface area contributed by atoms with Gasteiger partial charge >= 0.3 is 0 Å². The fourth-order valence-electron chi connectivity index (χ4n) is 4.87. The van der Waals surface area contributed by atoms with Gasteiger partial charge in [0, 0.05) is 41.3 Å². The SMILES string of the molecule is Cc1cnc2cc(-c3ccc(N(C)C4CC(C)(C)NC(C)(C)C4)nn3)c(O)cc2c1. The highest BCUT2D eigenvalue weighted by Crippen LogP contribution is 2.34. The molecule has 1 saturated heterocycles. The lowest BCUT2D eigenvalue weighted by atomic mass is 9.79. The first-order valence-corrected chi connectivity index (χ1v) is 10.5. The van der Waals surface area contributed by atoms with Crippen LogP contribution >= 0.6 is 0 Å². The zero-order valence-corrected chi connectivity index (χ0v) is 18.7. The second kappa shape index (κ2) is 7.20. The first-order valence-electron chi connectivity index (χ1n) is 10.5. The predicted molar refractivity (Wildman–Crippen MR) is 122 cm³/mol. The second-order valence-electron chi connectivity index (χ2n) is 9.92. The predicted octanol–water partition coefficient (Wildman–Crippen LogP) is 4.45. The summed E-state index contributed by atoms with van der Waals surface area (Å²) in [5, 5.41) is 24.1. The molecule has 0 aliphatic carbocycles. The van der Waals surface area contributed by atoms with Gasteiger partial charge in [0.25, 0.3) is 0 Å². The van der Waals surface area contributed by atoms with Crippen molar-refractivity contribution in [1.82, 2.24) is 20.5 Å². The van der Waals surface area contributed by atoms with Crippen molar-refractivity contribution in [3.8, 4) is 17.0 Å². The molecule has 158 valence electrons. The molecule has 0 amide bonds. The number of nitrogens with one attached hydrogen (secondary N) is 1. The molecule has 1 fully saturated rings. The molecule has 0 unspecified atom stereocenters. The van der Waals surface area contributed by atoms with Gasteiger partial charge in [-0.25, -0.2) is 0 Å². The summed E-state index contributed by atoms with van der Waals surface area (Å²) in [7, 11) is 2.09. The minimum Gasteiger partial charge on any atom is -0.507 e. The highest BCUT2D eigenvalue weighted by molar-refractivity contribution is 5.87. The van der Waals surface area contributed by atoms with E-state index in [0.29, 0.717) is 17.3 Å². The normalized spacial score (nSPS) is 18.5. The molecule has 6 heteroatoms. The Kier molecular flexibility index (Phi) is 4.93. The number of pyridine rings is 1. The van der Waals surface area contributed by atoms with Crippen LogP contribution in [-0.2, 0) is 0 Å². The van der Waals surface area contributed by atoms with E-state index in [4.69, 9.17) is 0 Å². The van der Waals surface area contributed by atoms with E-state index >= 15 is 0 Å². The lowest BCUT2D eigenvalue weighted by Crippen LogP contribution is -2.62. The standard InChI is InChI=1S/C24H31N5O/c1-15-9-16-10-21(30)18(11-20(16)25-14-15)19-7-8-22(27-26-19)29(6)17-12-23(2,3)28-24(4,5)13-17/h7-11,14,17,28,30H,12-13H2,1-6H3. The van der Waals surface area contributed by atoms with Crippen LogP contribution in [0, 0.1) is 6.92 Å². The summed E-state index contributed by atoms with van der Waals surface area (Å²) < 4.78 is 0. The average molecular weight is 406 g/mol. The smallest absolute Gasteiger partial charge is 0.151 e. The van der Waals surface area contributed by atoms with Crippen LogP contribution in [0.4, 0.5) is 5.82 Å². The van der Waals surface area contributed by atoms with Crippen LogP contribution in [0.2, 0.25) is 0 Å². The van der Waals surface area contributed by atoms with Crippen molar-refractivity contribution in [2.45, 2.75) is 64.6 Å². The summed E-state index contributed by atoms with van der Waals surface area (Å²) in [5.74, 6) is 1.03. The van der Waals surface area contributed by atoms with Crippen LogP contribution < -0.4 is 10.2 Å². The molecule has 2 N–H and O–H groups in total. The van der Waals surface area contributed by atoms with Crippen molar-refractivity contribution in [2.24, 2.45) is 0 Å². The van der Waals surface area contributed by atoms with Crippen LogP contribution in [0.25, 0.3) is 22.2 Å². The fraction of sp³-hybridized carbons (Fsp3) is 0.458. The Balaban J connectivity index is 1.61. The number of hydrogen-bond donors (Lipinski definition) is 2. The number of nitrogens with zero attached hydrogens (tertiary/aromatic N) is 4. The van der Waals surface area contributed by atoms with E-state index in [2.05, 4.69) is 60.1 Å². The van der Waals surface area contributed by atoms with E-state index < -0.39 is 0 Å². The molecule has 3 aromatic rings. The molecule has 0 spiro atoms. The van der Waals surface area contributed by atoms with Gasteiger partial charge in [-0.2, -0.15) is 0 Å². The van der Waals surface area contributed by atoms with Crippen molar-refractivity contribution in [3.63, 3.8) is 0 Å². The molecular weight excluding hydrogens is 374 g/mol. The van der Waals surface area contributed by atoms with Crippen molar-refractivity contribution in [1.29, 1.82) is 0 Å².